The van der Waals surface area contributed by atoms with Crippen molar-refractivity contribution in [3.63, 3.8) is 0 Å². The lowest BCUT2D eigenvalue weighted by Crippen LogP contribution is -2.19. The quantitative estimate of drug-likeness (QED) is 0.662. The Balaban J connectivity index is 2.54. The molecule has 1 atom stereocenters. The second kappa shape index (κ2) is 5.85. The molecule has 112 valence electrons. The fourth-order valence-electron chi connectivity index (χ4n) is 2.41. The number of rotatable bonds is 3. The van der Waals surface area contributed by atoms with E-state index in [9.17, 15) is 17.6 Å². The standard InChI is InChI=1S/C16H15F4N/c1-8-4-10(5-9(2)14(8)19)16(21-3)11-6-12(17)15(20)13(18)7-11/h4-7,16,21H,1-3H3. The van der Waals surface area contributed by atoms with E-state index in [0.717, 1.165) is 12.1 Å². The first kappa shape index (κ1) is 15.5. The Bertz CT molecular complexity index is 578. The first-order valence-corrected chi connectivity index (χ1v) is 6.43. The van der Waals surface area contributed by atoms with Crippen LogP contribution in [0.5, 0.6) is 0 Å². The van der Waals surface area contributed by atoms with Gasteiger partial charge in [0, 0.05) is 0 Å². The second-order valence-corrected chi connectivity index (χ2v) is 4.99. The number of hydrogen-bond donors (Lipinski definition) is 1. The van der Waals surface area contributed by atoms with Gasteiger partial charge in [-0.3, -0.25) is 0 Å². The molecule has 0 aliphatic heterocycles. The monoisotopic (exact) mass is 297 g/mol. The van der Waals surface area contributed by atoms with Crippen LogP contribution < -0.4 is 5.32 Å². The first-order valence-electron chi connectivity index (χ1n) is 6.43. The largest absolute Gasteiger partial charge is 0.309 e. The van der Waals surface area contributed by atoms with Crippen LogP contribution in [0.15, 0.2) is 24.3 Å². The van der Waals surface area contributed by atoms with E-state index < -0.39 is 23.5 Å². The number of benzene rings is 2. The molecular weight excluding hydrogens is 282 g/mol. The van der Waals surface area contributed by atoms with Crippen LogP contribution in [0.25, 0.3) is 0 Å². The van der Waals surface area contributed by atoms with E-state index in [4.69, 9.17) is 0 Å². The lowest BCUT2D eigenvalue weighted by Gasteiger charge is -2.19. The van der Waals surface area contributed by atoms with Crippen LogP contribution in [0.1, 0.15) is 28.3 Å². The molecule has 2 aromatic rings. The molecule has 0 spiro atoms. The van der Waals surface area contributed by atoms with Crippen molar-refractivity contribution >= 4 is 0 Å². The molecule has 0 heterocycles. The summed E-state index contributed by atoms with van der Waals surface area (Å²) in [6, 6.07) is 4.51. The molecule has 0 bridgehead atoms. The van der Waals surface area contributed by atoms with Gasteiger partial charge in [0.1, 0.15) is 5.82 Å². The molecule has 0 saturated heterocycles. The first-order chi connectivity index (χ1) is 9.85. The molecule has 0 aromatic heterocycles. The summed E-state index contributed by atoms with van der Waals surface area (Å²) in [4.78, 5) is 0. The van der Waals surface area contributed by atoms with E-state index in [1.807, 2.05) is 0 Å². The Morgan fingerprint density at radius 1 is 0.762 bits per heavy atom. The molecule has 0 fully saturated rings. The molecule has 0 radical (unpaired) electrons. The molecule has 1 unspecified atom stereocenters. The average Bonchev–Trinajstić information content (AvgIpc) is 2.42. The van der Waals surface area contributed by atoms with Crippen LogP contribution in [-0.4, -0.2) is 7.05 Å². The Morgan fingerprint density at radius 2 is 1.19 bits per heavy atom. The topological polar surface area (TPSA) is 12.0 Å². The molecule has 0 aliphatic rings. The molecule has 2 rings (SSSR count). The predicted octanol–water partition coefficient (Wildman–Crippen LogP) is 4.17. The molecule has 21 heavy (non-hydrogen) atoms. The Hall–Kier alpha value is -1.88. The maximum Gasteiger partial charge on any atom is 0.194 e. The maximum absolute atomic E-state index is 13.7. The summed E-state index contributed by atoms with van der Waals surface area (Å²) in [5.41, 5.74) is 1.76. The third-order valence-electron chi connectivity index (χ3n) is 3.42. The van der Waals surface area contributed by atoms with Crippen molar-refractivity contribution in [2.45, 2.75) is 19.9 Å². The van der Waals surface area contributed by atoms with Crippen molar-refractivity contribution < 1.29 is 17.6 Å². The average molecular weight is 297 g/mol. The van der Waals surface area contributed by atoms with Gasteiger partial charge in [-0.05, 0) is 55.3 Å². The highest BCUT2D eigenvalue weighted by Gasteiger charge is 2.19. The number of nitrogens with one attached hydrogen (secondary N) is 1. The second-order valence-electron chi connectivity index (χ2n) is 4.99. The van der Waals surface area contributed by atoms with Gasteiger partial charge in [0.15, 0.2) is 17.5 Å². The zero-order valence-electron chi connectivity index (χ0n) is 11.9. The molecule has 1 N–H and O–H groups in total. The molecule has 1 nitrogen and oxygen atoms in total. The van der Waals surface area contributed by atoms with Crippen LogP contribution in [0.4, 0.5) is 17.6 Å². The zero-order chi connectivity index (χ0) is 15.7. The van der Waals surface area contributed by atoms with Crippen molar-refractivity contribution in [2.24, 2.45) is 0 Å². The highest BCUT2D eigenvalue weighted by Crippen LogP contribution is 2.27. The van der Waals surface area contributed by atoms with Crippen LogP contribution in [-0.2, 0) is 0 Å². The van der Waals surface area contributed by atoms with E-state index in [0.29, 0.717) is 16.7 Å². The van der Waals surface area contributed by atoms with Crippen molar-refractivity contribution in [1.82, 2.24) is 5.32 Å². The Kier molecular flexibility index (Phi) is 4.32. The Labute approximate surface area is 120 Å². The van der Waals surface area contributed by atoms with Crippen LogP contribution >= 0.6 is 0 Å². The molecule has 0 saturated carbocycles. The summed E-state index contributed by atoms with van der Waals surface area (Å²) in [7, 11) is 1.61. The summed E-state index contributed by atoms with van der Waals surface area (Å²) in [6.07, 6.45) is 0. The normalized spacial score (nSPS) is 12.5. The van der Waals surface area contributed by atoms with E-state index in [-0.39, 0.29) is 11.4 Å². The third kappa shape index (κ3) is 2.93. The van der Waals surface area contributed by atoms with Crippen LogP contribution in [0, 0.1) is 37.1 Å². The van der Waals surface area contributed by atoms with Crippen molar-refractivity contribution in [3.05, 3.63) is 69.8 Å². The predicted molar refractivity (Wildman–Crippen MR) is 73.1 cm³/mol. The lowest BCUT2D eigenvalue weighted by molar-refractivity contribution is 0.443. The van der Waals surface area contributed by atoms with Gasteiger partial charge in [0.25, 0.3) is 0 Å². The minimum Gasteiger partial charge on any atom is -0.309 e. The van der Waals surface area contributed by atoms with Gasteiger partial charge in [-0.15, -0.1) is 0 Å². The van der Waals surface area contributed by atoms with Gasteiger partial charge >= 0.3 is 0 Å². The van der Waals surface area contributed by atoms with Crippen molar-refractivity contribution in [3.8, 4) is 0 Å². The highest BCUT2D eigenvalue weighted by molar-refractivity contribution is 5.38. The zero-order valence-corrected chi connectivity index (χ0v) is 11.9. The highest BCUT2D eigenvalue weighted by atomic mass is 19.2. The van der Waals surface area contributed by atoms with Crippen LogP contribution in [0.2, 0.25) is 0 Å². The molecule has 0 aliphatic carbocycles. The van der Waals surface area contributed by atoms with E-state index in [2.05, 4.69) is 5.32 Å². The smallest absolute Gasteiger partial charge is 0.194 e. The van der Waals surface area contributed by atoms with Gasteiger partial charge < -0.3 is 5.32 Å². The molecule has 0 amide bonds. The van der Waals surface area contributed by atoms with E-state index in [1.165, 1.54) is 0 Å². The maximum atomic E-state index is 13.7. The van der Waals surface area contributed by atoms with E-state index >= 15 is 0 Å². The van der Waals surface area contributed by atoms with Crippen molar-refractivity contribution in [1.29, 1.82) is 0 Å². The summed E-state index contributed by atoms with van der Waals surface area (Å²) >= 11 is 0. The minimum atomic E-state index is -1.50. The molecular formula is C16H15F4N. The summed E-state index contributed by atoms with van der Waals surface area (Å²) in [6.45, 7) is 3.23. The fraction of sp³-hybridized carbons (Fsp3) is 0.250. The summed E-state index contributed by atoms with van der Waals surface area (Å²) in [5, 5.41) is 2.90. The number of hydrogen-bond acceptors (Lipinski definition) is 1. The number of aryl methyl sites for hydroxylation is 2. The SMILES string of the molecule is CNC(c1cc(C)c(F)c(C)c1)c1cc(F)c(F)c(F)c1. The summed E-state index contributed by atoms with van der Waals surface area (Å²) in [5.74, 6) is -4.31. The lowest BCUT2D eigenvalue weighted by atomic mass is 9.95. The van der Waals surface area contributed by atoms with Gasteiger partial charge in [0.05, 0.1) is 6.04 Å². The fourth-order valence-corrected chi connectivity index (χ4v) is 2.41. The minimum absolute atomic E-state index is 0.235. The summed E-state index contributed by atoms with van der Waals surface area (Å²) < 4.78 is 53.5. The van der Waals surface area contributed by atoms with Crippen molar-refractivity contribution in [2.75, 3.05) is 7.05 Å². The Morgan fingerprint density at radius 3 is 1.62 bits per heavy atom. The van der Waals surface area contributed by atoms with Gasteiger partial charge in [-0.25, -0.2) is 17.6 Å². The van der Waals surface area contributed by atoms with Gasteiger partial charge in [0.2, 0.25) is 0 Å². The van der Waals surface area contributed by atoms with Gasteiger partial charge in [-0.1, -0.05) is 12.1 Å². The van der Waals surface area contributed by atoms with Crippen LogP contribution in [0.3, 0.4) is 0 Å². The van der Waals surface area contributed by atoms with E-state index in [1.54, 1.807) is 33.0 Å². The van der Waals surface area contributed by atoms with Gasteiger partial charge in [-0.2, -0.15) is 0 Å². The third-order valence-corrected chi connectivity index (χ3v) is 3.42. The molecule has 5 heteroatoms. The molecule has 2 aromatic carbocycles. The number of halogens is 4.